The minimum Gasteiger partial charge on any atom is -0.461 e. The van der Waals surface area contributed by atoms with Crippen LogP contribution in [0, 0.1) is 12.7 Å². The molecule has 0 aliphatic heterocycles. The van der Waals surface area contributed by atoms with Crippen molar-refractivity contribution in [1.82, 2.24) is 0 Å². The van der Waals surface area contributed by atoms with Crippen LogP contribution in [0.3, 0.4) is 0 Å². The van der Waals surface area contributed by atoms with Crippen molar-refractivity contribution in [2.24, 2.45) is 0 Å². The first-order chi connectivity index (χ1) is 7.04. The second-order valence-electron chi connectivity index (χ2n) is 2.81. The first-order valence-electron chi connectivity index (χ1n) is 4.11. The lowest BCUT2D eigenvalue weighted by Crippen LogP contribution is -2.21. The molecule has 0 radical (unpaired) electrons. The van der Waals surface area contributed by atoms with Gasteiger partial charge in [-0.2, -0.15) is 0 Å². The fraction of sp³-hybridized carbons (Fsp3) is 0.200. The molecule has 0 amide bonds. The van der Waals surface area contributed by atoms with Gasteiger partial charge in [0.2, 0.25) is 0 Å². The quantitative estimate of drug-likeness (QED) is 0.399. The van der Waals surface area contributed by atoms with Gasteiger partial charge < -0.3 is 9.47 Å². The largest absolute Gasteiger partial charge is 0.461 e. The Morgan fingerprint density at radius 1 is 1.27 bits per heavy atom. The lowest BCUT2D eigenvalue weighted by Gasteiger charge is -2.04. The predicted molar refractivity (Wildman–Crippen MR) is 48.8 cm³/mol. The minimum atomic E-state index is -1.25. The number of carbonyl (C=O) groups excluding carboxylic acids is 2. The smallest absolute Gasteiger partial charge is 0.422 e. The molecule has 1 aromatic rings. The van der Waals surface area contributed by atoms with Crippen LogP contribution in [0.4, 0.5) is 4.39 Å². The lowest BCUT2D eigenvalue weighted by molar-refractivity contribution is -0.160. The summed E-state index contributed by atoms with van der Waals surface area (Å²) in [5.41, 5.74) is 0.686. The summed E-state index contributed by atoms with van der Waals surface area (Å²) in [4.78, 5) is 21.6. The maximum absolute atomic E-state index is 13.1. The minimum absolute atomic E-state index is 0.295. The van der Waals surface area contributed by atoms with Crippen molar-refractivity contribution < 1.29 is 23.5 Å². The highest BCUT2D eigenvalue weighted by molar-refractivity contribution is 6.30. The summed E-state index contributed by atoms with van der Waals surface area (Å²) in [5, 5.41) is 0. The number of benzene rings is 1. The van der Waals surface area contributed by atoms with E-state index in [-0.39, 0.29) is 5.75 Å². The fourth-order valence-electron chi connectivity index (χ4n) is 0.914. The maximum atomic E-state index is 13.1. The molecule has 0 aliphatic carbocycles. The average molecular weight is 212 g/mol. The summed E-state index contributed by atoms with van der Waals surface area (Å²) in [6.45, 7) is 1.69. The van der Waals surface area contributed by atoms with Gasteiger partial charge >= 0.3 is 11.9 Å². The zero-order valence-electron chi connectivity index (χ0n) is 8.24. The highest BCUT2D eigenvalue weighted by Gasteiger charge is 2.18. The van der Waals surface area contributed by atoms with E-state index in [1.807, 2.05) is 0 Å². The van der Waals surface area contributed by atoms with Crippen molar-refractivity contribution >= 4 is 11.9 Å². The van der Waals surface area contributed by atoms with Crippen LogP contribution in [-0.4, -0.2) is 19.0 Å². The van der Waals surface area contributed by atoms with E-state index in [1.54, 1.807) is 13.0 Å². The Kier molecular flexibility index (Phi) is 3.38. The molecule has 0 heterocycles. The van der Waals surface area contributed by atoms with E-state index in [4.69, 9.17) is 0 Å². The molecule has 80 valence electrons. The van der Waals surface area contributed by atoms with Crippen molar-refractivity contribution in [3.8, 4) is 5.75 Å². The SMILES string of the molecule is COC(=O)C(=O)Oc1ccc(C)cc1F. The molecule has 0 fully saturated rings. The summed E-state index contributed by atoms with van der Waals surface area (Å²) < 4.78 is 21.7. The number of methoxy groups -OCH3 is 1. The Morgan fingerprint density at radius 3 is 2.47 bits per heavy atom. The lowest BCUT2D eigenvalue weighted by atomic mass is 10.2. The van der Waals surface area contributed by atoms with E-state index in [0.29, 0.717) is 5.56 Å². The number of esters is 2. The monoisotopic (exact) mass is 212 g/mol. The van der Waals surface area contributed by atoms with Gasteiger partial charge in [0.05, 0.1) is 7.11 Å². The highest BCUT2D eigenvalue weighted by atomic mass is 19.1. The number of aryl methyl sites for hydroxylation is 1. The first-order valence-corrected chi connectivity index (χ1v) is 4.11. The van der Waals surface area contributed by atoms with Crippen LogP contribution >= 0.6 is 0 Å². The van der Waals surface area contributed by atoms with Crippen molar-refractivity contribution in [3.05, 3.63) is 29.6 Å². The molecule has 1 aromatic carbocycles. The molecule has 0 atom stereocenters. The molecule has 0 bridgehead atoms. The van der Waals surface area contributed by atoms with Gasteiger partial charge in [0.15, 0.2) is 11.6 Å². The molecule has 15 heavy (non-hydrogen) atoms. The average Bonchev–Trinajstić information content (AvgIpc) is 2.20. The van der Waals surface area contributed by atoms with Crippen LogP contribution in [0.1, 0.15) is 5.56 Å². The van der Waals surface area contributed by atoms with E-state index in [0.717, 1.165) is 7.11 Å². The predicted octanol–water partition coefficient (Wildman–Crippen LogP) is 1.21. The number of halogens is 1. The molecule has 0 saturated carbocycles. The molecule has 5 heteroatoms. The third kappa shape index (κ3) is 2.77. The van der Waals surface area contributed by atoms with E-state index >= 15 is 0 Å². The van der Waals surface area contributed by atoms with E-state index < -0.39 is 17.8 Å². The van der Waals surface area contributed by atoms with Gasteiger partial charge in [0.1, 0.15) is 0 Å². The van der Waals surface area contributed by atoms with E-state index in [1.165, 1.54) is 12.1 Å². The number of ether oxygens (including phenoxy) is 2. The summed E-state index contributed by atoms with van der Waals surface area (Å²) in [7, 11) is 1.04. The van der Waals surface area contributed by atoms with Crippen molar-refractivity contribution in [2.75, 3.05) is 7.11 Å². The summed E-state index contributed by atoms with van der Waals surface area (Å²) in [5.74, 6) is -3.42. The number of hydrogen-bond donors (Lipinski definition) is 0. The molecule has 0 spiro atoms. The molecule has 4 nitrogen and oxygen atoms in total. The van der Waals surface area contributed by atoms with E-state index in [9.17, 15) is 14.0 Å². The van der Waals surface area contributed by atoms with Crippen molar-refractivity contribution in [1.29, 1.82) is 0 Å². The zero-order valence-corrected chi connectivity index (χ0v) is 8.24. The Morgan fingerprint density at radius 2 is 1.93 bits per heavy atom. The van der Waals surface area contributed by atoms with Crippen LogP contribution in [0.15, 0.2) is 18.2 Å². The van der Waals surface area contributed by atoms with Crippen LogP contribution in [0.25, 0.3) is 0 Å². The summed E-state index contributed by atoms with van der Waals surface area (Å²) >= 11 is 0. The molecule has 0 aromatic heterocycles. The Labute approximate surface area is 85.6 Å². The van der Waals surface area contributed by atoms with Crippen LogP contribution in [0.5, 0.6) is 5.75 Å². The molecule has 0 saturated heterocycles. The highest BCUT2D eigenvalue weighted by Crippen LogP contribution is 2.17. The number of carbonyl (C=O) groups is 2. The number of hydrogen-bond acceptors (Lipinski definition) is 4. The third-order valence-corrected chi connectivity index (χ3v) is 1.64. The van der Waals surface area contributed by atoms with Crippen LogP contribution < -0.4 is 4.74 Å². The standard InChI is InChI=1S/C10H9FO4/c1-6-3-4-8(7(11)5-6)15-10(13)9(12)14-2/h3-5H,1-2H3. The Bertz CT molecular complexity index is 400. The van der Waals surface area contributed by atoms with Crippen molar-refractivity contribution in [3.63, 3.8) is 0 Å². The maximum Gasteiger partial charge on any atom is 0.422 e. The van der Waals surface area contributed by atoms with E-state index in [2.05, 4.69) is 9.47 Å². The molecule has 0 N–H and O–H groups in total. The summed E-state index contributed by atoms with van der Waals surface area (Å²) in [6.07, 6.45) is 0. The second-order valence-corrected chi connectivity index (χ2v) is 2.81. The Balaban J connectivity index is 2.81. The van der Waals surface area contributed by atoms with Gasteiger partial charge in [-0.3, -0.25) is 0 Å². The normalized spacial score (nSPS) is 9.53. The summed E-state index contributed by atoms with van der Waals surface area (Å²) in [6, 6.07) is 4.02. The van der Waals surface area contributed by atoms with Gasteiger partial charge in [-0.05, 0) is 24.6 Å². The number of rotatable bonds is 1. The molecule has 0 aliphatic rings. The van der Waals surface area contributed by atoms with Crippen LogP contribution in [0.2, 0.25) is 0 Å². The van der Waals surface area contributed by atoms with Crippen molar-refractivity contribution in [2.45, 2.75) is 6.92 Å². The van der Waals surface area contributed by atoms with Gasteiger partial charge in [-0.25, -0.2) is 14.0 Å². The molecular weight excluding hydrogens is 203 g/mol. The van der Waals surface area contributed by atoms with Gasteiger partial charge in [0, 0.05) is 0 Å². The second kappa shape index (κ2) is 4.54. The topological polar surface area (TPSA) is 52.6 Å². The molecule has 0 unspecified atom stereocenters. The fourth-order valence-corrected chi connectivity index (χ4v) is 0.914. The molecule has 1 rings (SSSR count). The van der Waals surface area contributed by atoms with Gasteiger partial charge in [0.25, 0.3) is 0 Å². The Hall–Kier alpha value is -1.91. The van der Waals surface area contributed by atoms with Gasteiger partial charge in [-0.15, -0.1) is 0 Å². The zero-order chi connectivity index (χ0) is 11.4. The van der Waals surface area contributed by atoms with Gasteiger partial charge in [-0.1, -0.05) is 6.07 Å². The third-order valence-electron chi connectivity index (χ3n) is 1.64. The molecular formula is C10H9FO4. The van der Waals surface area contributed by atoms with Crippen LogP contribution in [-0.2, 0) is 14.3 Å². The first kappa shape index (κ1) is 11.2.